The van der Waals surface area contributed by atoms with Crippen molar-refractivity contribution in [3.63, 3.8) is 0 Å². The van der Waals surface area contributed by atoms with Crippen molar-refractivity contribution in [3.05, 3.63) is 107 Å². The molecule has 4 aromatic carbocycles. The minimum absolute atomic E-state index is 0.101. The van der Waals surface area contributed by atoms with Gasteiger partial charge in [0.15, 0.2) is 11.8 Å². The largest absolute Gasteiger partial charge is 0.494 e. The highest BCUT2D eigenvalue weighted by molar-refractivity contribution is 6.03. The van der Waals surface area contributed by atoms with Gasteiger partial charge in [-0.05, 0) is 79.4 Å². The van der Waals surface area contributed by atoms with Gasteiger partial charge in [0.2, 0.25) is 0 Å². The van der Waals surface area contributed by atoms with Crippen molar-refractivity contribution in [3.8, 4) is 11.8 Å². The van der Waals surface area contributed by atoms with E-state index in [9.17, 15) is 27.8 Å². The van der Waals surface area contributed by atoms with Crippen LogP contribution in [0.5, 0.6) is 11.8 Å². The minimum atomic E-state index is -0.507. The van der Waals surface area contributed by atoms with Crippen molar-refractivity contribution in [2.45, 2.75) is 12.8 Å². The number of H-pyrrole nitrogens is 2. The molecule has 0 bridgehead atoms. The van der Waals surface area contributed by atoms with Gasteiger partial charge >= 0.3 is 0 Å². The molecule has 10 nitrogen and oxygen atoms in total. The number of aliphatic hydroxyl groups excluding tert-OH is 1. The zero-order chi connectivity index (χ0) is 36.6. The molecular weight excluding hydrogens is 680 g/mol. The van der Waals surface area contributed by atoms with Gasteiger partial charge in [0.1, 0.15) is 23.3 Å². The first-order valence-electron chi connectivity index (χ1n) is 16.5. The van der Waals surface area contributed by atoms with Crippen LogP contribution < -0.4 is 10.6 Å². The Morgan fingerprint density at radius 3 is 1.67 bits per heavy atom. The number of ether oxygens (including phenoxy) is 1. The summed E-state index contributed by atoms with van der Waals surface area (Å²) in [5, 5.41) is 35.6. The van der Waals surface area contributed by atoms with Crippen molar-refractivity contribution in [1.29, 1.82) is 0 Å². The topological polar surface area (TPSA) is 150 Å². The maximum Gasteiger partial charge on any atom is 0.198 e. The zero-order valence-corrected chi connectivity index (χ0v) is 27.8. The minimum Gasteiger partial charge on any atom is -0.494 e. The van der Waals surface area contributed by atoms with E-state index in [0.29, 0.717) is 62.5 Å². The smallest absolute Gasteiger partial charge is 0.198 e. The summed E-state index contributed by atoms with van der Waals surface area (Å²) in [5.41, 5.74) is 3.29. The van der Waals surface area contributed by atoms with Crippen LogP contribution in [0.25, 0.3) is 21.8 Å². The van der Waals surface area contributed by atoms with Gasteiger partial charge in [0.25, 0.3) is 0 Å². The second-order valence-electron chi connectivity index (χ2n) is 12.1. The summed E-state index contributed by atoms with van der Waals surface area (Å²) in [7, 11) is 0. The molecule has 3 heterocycles. The van der Waals surface area contributed by atoms with E-state index in [4.69, 9.17) is 9.84 Å². The number of aliphatic imine (C=N–C) groups is 2. The fourth-order valence-corrected chi connectivity index (χ4v) is 5.73. The van der Waals surface area contributed by atoms with Crippen molar-refractivity contribution in [2.75, 3.05) is 43.5 Å². The van der Waals surface area contributed by atoms with Gasteiger partial charge in [-0.25, -0.2) is 17.6 Å². The SMILES string of the molecule is OCCNc1ccc(N=Cc2c(O)[nH]c3ccc(F)cc23)cc1F.Oc1[nH]c2ccc(F)cc2c1C=Nc1ccc(NCC2CCOCC2)c(F)c1. The van der Waals surface area contributed by atoms with Crippen LogP contribution in [0, 0.1) is 29.2 Å². The predicted octanol–water partition coefficient (Wildman–Crippen LogP) is 8.05. The average molecular weight is 717 g/mol. The van der Waals surface area contributed by atoms with Crippen LogP contribution in [0.1, 0.15) is 24.0 Å². The molecule has 0 radical (unpaired) electrons. The van der Waals surface area contributed by atoms with Gasteiger partial charge in [0, 0.05) is 72.7 Å². The summed E-state index contributed by atoms with van der Waals surface area (Å²) in [6.07, 6.45) is 4.71. The van der Waals surface area contributed by atoms with Crippen LogP contribution >= 0.6 is 0 Å². The maximum atomic E-state index is 14.4. The molecule has 7 rings (SSSR count). The molecule has 0 spiro atoms. The lowest BCUT2D eigenvalue weighted by molar-refractivity contribution is 0.0699. The quantitative estimate of drug-likeness (QED) is 0.0564. The van der Waals surface area contributed by atoms with E-state index in [1.807, 2.05) is 0 Å². The third-order valence-corrected chi connectivity index (χ3v) is 8.50. The Balaban J connectivity index is 0.000000181. The molecule has 2 aromatic heterocycles. The highest BCUT2D eigenvalue weighted by Crippen LogP contribution is 2.29. The highest BCUT2D eigenvalue weighted by Gasteiger charge is 2.15. The standard InChI is InChI=1S/C21H21F2N3O2.C17H15F2N3O2/c22-14-1-3-19-16(9-14)17(21(27)26-19)12-24-15-2-4-20(18(23)10-15)25-11-13-5-7-28-8-6-13;18-10-1-3-15-12(7-10)13(17(24)22-15)9-21-11-2-4-16(14(19)8-11)20-5-6-23/h1-4,9-10,12-13,25-27H,5-8,11H2;1-4,7-9,20,22-24H,5-6H2. The van der Waals surface area contributed by atoms with E-state index < -0.39 is 23.3 Å². The number of fused-ring (bicyclic) bond motifs is 2. The number of rotatable bonds is 10. The van der Waals surface area contributed by atoms with Crippen LogP contribution in [-0.2, 0) is 4.74 Å². The van der Waals surface area contributed by atoms with Crippen LogP contribution in [0.2, 0.25) is 0 Å². The van der Waals surface area contributed by atoms with Crippen molar-refractivity contribution < 1.29 is 37.6 Å². The summed E-state index contributed by atoms with van der Waals surface area (Å²) in [6, 6.07) is 17.2. The molecule has 52 heavy (non-hydrogen) atoms. The van der Waals surface area contributed by atoms with Crippen molar-refractivity contribution >= 4 is 57.0 Å². The highest BCUT2D eigenvalue weighted by atomic mass is 19.1. The Bertz CT molecular complexity index is 2230. The van der Waals surface area contributed by atoms with E-state index in [2.05, 4.69) is 30.6 Å². The Hall–Kier alpha value is -5.86. The third-order valence-electron chi connectivity index (χ3n) is 8.50. The number of nitrogens with one attached hydrogen (secondary N) is 4. The Morgan fingerprint density at radius 2 is 1.19 bits per heavy atom. The molecule has 0 atom stereocenters. The number of aromatic nitrogens is 2. The summed E-state index contributed by atoms with van der Waals surface area (Å²) in [4.78, 5) is 13.8. The average Bonchev–Trinajstić information content (AvgIpc) is 3.62. The van der Waals surface area contributed by atoms with E-state index in [1.165, 1.54) is 61.0 Å². The van der Waals surface area contributed by atoms with E-state index in [1.54, 1.807) is 24.3 Å². The van der Waals surface area contributed by atoms with Crippen molar-refractivity contribution in [2.24, 2.45) is 15.9 Å². The molecule has 1 fully saturated rings. The second-order valence-corrected chi connectivity index (χ2v) is 12.1. The number of anilines is 2. The van der Waals surface area contributed by atoms with Gasteiger partial charge in [-0.2, -0.15) is 0 Å². The van der Waals surface area contributed by atoms with E-state index >= 15 is 0 Å². The number of aliphatic hydroxyl groups is 1. The molecule has 0 unspecified atom stereocenters. The molecule has 1 saturated heterocycles. The molecular formula is C38H36F4N6O4. The number of halogens is 4. The molecule has 1 aliphatic heterocycles. The van der Waals surface area contributed by atoms with Gasteiger partial charge in [-0.3, -0.25) is 9.98 Å². The molecule has 14 heteroatoms. The first-order chi connectivity index (χ1) is 25.2. The van der Waals surface area contributed by atoms with E-state index in [-0.39, 0.29) is 30.6 Å². The number of nitrogens with zero attached hydrogens (tertiary/aromatic N) is 2. The lowest BCUT2D eigenvalue weighted by Gasteiger charge is -2.22. The zero-order valence-electron chi connectivity index (χ0n) is 27.8. The summed E-state index contributed by atoms with van der Waals surface area (Å²) >= 11 is 0. The van der Waals surface area contributed by atoms with Gasteiger partial charge in [-0.15, -0.1) is 0 Å². The fraction of sp³-hybridized carbons (Fsp3) is 0.211. The fourth-order valence-electron chi connectivity index (χ4n) is 5.73. The number of benzene rings is 4. The van der Waals surface area contributed by atoms with E-state index in [0.717, 1.165) is 26.1 Å². The molecule has 7 N–H and O–H groups in total. The molecule has 0 amide bonds. The second kappa shape index (κ2) is 16.4. The normalized spacial score (nSPS) is 13.6. The van der Waals surface area contributed by atoms with Crippen LogP contribution in [0.15, 0.2) is 82.8 Å². The maximum absolute atomic E-state index is 14.4. The van der Waals surface area contributed by atoms with Gasteiger partial charge < -0.3 is 40.7 Å². The summed E-state index contributed by atoms with van der Waals surface area (Å²) in [5.74, 6) is -1.51. The predicted molar refractivity (Wildman–Crippen MR) is 195 cm³/mol. The Kier molecular flexibility index (Phi) is 11.4. The monoisotopic (exact) mass is 716 g/mol. The number of aromatic amines is 2. The molecule has 0 aliphatic carbocycles. The van der Waals surface area contributed by atoms with Gasteiger partial charge in [0.05, 0.1) is 40.5 Å². The number of hydrogen-bond acceptors (Lipinski definition) is 8. The first-order valence-corrected chi connectivity index (χ1v) is 16.5. The first kappa shape index (κ1) is 35.9. The number of hydrogen-bond donors (Lipinski definition) is 7. The van der Waals surface area contributed by atoms with Crippen LogP contribution in [-0.4, -0.2) is 70.6 Å². The van der Waals surface area contributed by atoms with Gasteiger partial charge in [-0.1, -0.05) is 0 Å². The molecule has 270 valence electrons. The lowest BCUT2D eigenvalue weighted by Crippen LogP contribution is -2.22. The molecule has 0 saturated carbocycles. The molecule has 6 aromatic rings. The summed E-state index contributed by atoms with van der Waals surface area (Å²) < 4.78 is 60.5. The summed E-state index contributed by atoms with van der Waals surface area (Å²) in [6.45, 7) is 2.36. The Labute approximate surface area is 295 Å². The van der Waals surface area contributed by atoms with Crippen LogP contribution in [0.3, 0.4) is 0 Å². The van der Waals surface area contributed by atoms with Crippen LogP contribution in [0.4, 0.5) is 40.3 Å². The Morgan fingerprint density at radius 1 is 0.692 bits per heavy atom. The van der Waals surface area contributed by atoms with Crippen molar-refractivity contribution in [1.82, 2.24) is 9.97 Å². The third kappa shape index (κ3) is 8.71. The lowest BCUT2D eigenvalue weighted by atomic mass is 10.0. The number of aromatic hydroxyl groups is 2. The molecule has 1 aliphatic rings.